The number of rotatable bonds is 3. The number of fused-ring (bicyclic) bond motifs is 1. The van der Waals surface area contributed by atoms with E-state index in [1.165, 1.54) is 11.3 Å². The molecule has 0 spiro atoms. The number of carbonyl (C=O) groups is 1. The zero-order valence-corrected chi connectivity index (χ0v) is 13.9. The van der Waals surface area contributed by atoms with E-state index in [9.17, 15) is 26.7 Å². The standard InChI is InChI=1S/C16H13F5N2OS/c1-6-2-3-8-9(4-6)25-16(22-8)23-10(24)5-7-11(17)13(19)15(21)14(20)12(7)18/h6H,2-5H2,1H3,(H,22,23,24)/t6-/m1/s1. The quantitative estimate of drug-likeness (QED) is 0.497. The molecule has 9 heteroatoms. The lowest BCUT2D eigenvalue weighted by atomic mass is 9.93. The fourth-order valence-corrected chi connectivity index (χ4v) is 3.91. The number of anilines is 1. The normalized spacial score (nSPS) is 16.6. The monoisotopic (exact) mass is 376 g/mol. The minimum atomic E-state index is -2.25. The third-order valence-electron chi connectivity index (χ3n) is 4.07. The molecule has 1 N–H and O–H groups in total. The Hall–Kier alpha value is -2.03. The first-order valence-corrected chi connectivity index (χ1v) is 8.38. The molecule has 1 atom stereocenters. The molecule has 0 fully saturated rings. The van der Waals surface area contributed by atoms with Crippen molar-refractivity contribution in [3.63, 3.8) is 0 Å². The Morgan fingerprint density at radius 2 is 1.72 bits per heavy atom. The number of nitrogens with zero attached hydrogens (tertiary/aromatic N) is 1. The highest BCUT2D eigenvalue weighted by Crippen LogP contribution is 2.32. The Morgan fingerprint density at radius 1 is 1.12 bits per heavy atom. The number of amides is 1. The van der Waals surface area contributed by atoms with Crippen molar-refractivity contribution in [2.24, 2.45) is 5.92 Å². The van der Waals surface area contributed by atoms with Gasteiger partial charge in [0.15, 0.2) is 28.4 Å². The predicted molar refractivity (Wildman–Crippen MR) is 81.9 cm³/mol. The maximum Gasteiger partial charge on any atom is 0.230 e. The Balaban J connectivity index is 1.78. The summed E-state index contributed by atoms with van der Waals surface area (Å²) in [5.41, 5.74) is -0.293. The van der Waals surface area contributed by atoms with E-state index in [1.807, 2.05) is 0 Å². The van der Waals surface area contributed by atoms with E-state index in [2.05, 4.69) is 17.2 Å². The summed E-state index contributed by atoms with van der Waals surface area (Å²) in [5, 5.41) is 2.62. The van der Waals surface area contributed by atoms with E-state index >= 15 is 0 Å². The van der Waals surface area contributed by atoms with Gasteiger partial charge in [0.05, 0.1) is 12.1 Å². The molecule has 134 valence electrons. The molecule has 1 amide bonds. The van der Waals surface area contributed by atoms with Crippen LogP contribution in [-0.4, -0.2) is 10.9 Å². The minimum Gasteiger partial charge on any atom is -0.302 e. The van der Waals surface area contributed by atoms with Crippen molar-refractivity contribution in [1.29, 1.82) is 0 Å². The molecule has 0 saturated carbocycles. The number of hydrogen-bond acceptors (Lipinski definition) is 3. The number of aryl methyl sites for hydroxylation is 1. The van der Waals surface area contributed by atoms with Gasteiger partial charge in [0.2, 0.25) is 11.7 Å². The van der Waals surface area contributed by atoms with Crippen LogP contribution in [0.1, 0.15) is 29.5 Å². The summed E-state index contributed by atoms with van der Waals surface area (Å²) in [7, 11) is 0. The molecule has 1 aliphatic carbocycles. The van der Waals surface area contributed by atoms with Crippen molar-refractivity contribution >= 4 is 22.4 Å². The summed E-state index contributed by atoms with van der Waals surface area (Å²) in [6.07, 6.45) is 1.61. The van der Waals surface area contributed by atoms with Crippen LogP contribution in [-0.2, 0) is 24.1 Å². The summed E-state index contributed by atoms with van der Waals surface area (Å²) in [4.78, 5) is 17.2. The molecule has 1 aromatic carbocycles. The fraction of sp³-hybridized carbons (Fsp3) is 0.375. The van der Waals surface area contributed by atoms with Crippen LogP contribution in [0.3, 0.4) is 0 Å². The van der Waals surface area contributed by atoms with Crippen molar-refractivity contribution in [3.8, 4) is 0 Å². The fourth-order valence-electron chi connectivity index (χ4n) is 2.72. The Morgan fingerprint density at radius 3 is 2.36 bits per heavy atom. The van der Waals surface area contributed by atoms with E-state index in [0.717, 1.165) is 29.8 Å². The lowest BCUT2D eigenvalue weighted by molar-refractivity contribution is -0.115. The largest absolute Gasteiger partial charge is 0.302 e. The zero-order valence-electron chi connectivity index (χ0n) is 13.1. The van der Waals surface area contributed by atoms with Crippen LogP contribution in [0.15, 0.2) is 0 Å². The van der Waals surface area contributed by atoms with Gasteiger partial charge in [0.1, 0.15) is 0 Å². The second kappa shape index (κ2) is 6.70. The first-order valence-electron chi connectivity index (χ1n) is 7.56. The van der Waals surface area contributed by atoms with Crippen molar-refractivity contribution in [1.82, 2.24) is 4.98 Å². The third-order valence-corrected chi connectivity index (χ3v) is 5.11. The number of halogens is 5. The number of carbonyl (C=O) groups excluding carboxylic acids is 1. The van der Waals surface area contributed by atoms with Crippen molar-refractivity contribution < 1.29 is 26.7 Å². The van der Waals surface area contributed by atoms with Gasteiger partial charge in [-0.1, -0.05) is 6.92 Å². The van der Waals surface area contributed by atoms with Crippen molar-refractivity contribution in [2.45, 2.75) is 32.6 Å². The average Bonchev–Trinajstić information content (AvgIpc) is 2.96. The number of aromatic nitrogens is 1. The van der Waals surface area contributed by atoms with E-state index < -0.39 is 47.0 Å². The molecule has 1 aromatic heterocycles. The summed E-state index contributed by atoms with van der Waals surface area (Å²) >= 11 is 1.26. The molecule has 0 unspecified atom stereocenters. The summed E-state index contributed by atoms with van der Waals surface area (Å²) < 4.78 is 66.6. The van der Waals surface area contributed by atoms with Gasteiger partial charge in [0, 0.05) is 10.4 Å². The average molecular weight is 376 g/mol. The highest BCUT2D eigenvalue weighted by atomic mass is 32.1. The number of thiazole rings is 1. The molecule has 1 heterocycles. The van der Waals surface area contributed by atoms with Crippen molar-refractivity contribution in [3.05, 3.63) is 45.2 Å². The number of nitrogens with one attached hydrogen (secondary N) is 1. The van der Waals surface area contributed by atoms with E-state index in [1.54, 1.807) is 0 Å². The third kappa shape index (κ3) is 3.37. The molecule has 1 aliphatic rings. The summed E-state index contributed by atoms with van der Waals surface area (Å²) in [6.45, 7) is 2.10. The van der Waals surface area contributed by atoms with Gasteiger partial charge in [-0.3, -0.25) is 4.79 Å². The topological polar surface area (TPSA) is 42.0 Å². The number of benzene rings is 1. The lowest BCUT2D eigenvalue weighted by Gasteiger charge is -2.15. The summed E-state index contributed by atoms with van der Waals surface area (Å²) in [6, 6.07) is 0. The van der Waals surface area contributed by atoms with Gasteiger partial charge in [-0.2, -0.15) is 0 Å². The maximum atomic E-state index is 13.6. The van der Waals surface area contributed by atoms with Crippen molar-refractivity contribution in [2.75, 3.05) is 5.32 Å². The van der Waals surface area contributed by atoms with Crippen LogP contribution in [0.2, 0.25) is 0 Å². The molecular formula is C16H13F5N2OS. The van der Waals surface area contributed by atoms with Crippen LogP contribution in [0.4, 0.5) is 27.1 Å². The van der Waals surface area contributed by atoms with Gasteiger partial charge in [-0.15, -0.1) is 11.3 Å². The number of hydrogen-bond donors (Lipinski definition) is 1. The first kappa shape index (κ1) is 17.8. The van der Waals surface area contributed by atoms with Crippen LogP contribution >= 0.6 is 11.3 Å². The summed E-state index contributed by atoms with van der Waals surface area (Å²) in [5.74, 6) is -10.8. The molecule has 0 bridgehead atoms. The molecule has 3 nitrogen and oxygen atoms in total. The minimum absolute atomic E-state index is 0.257. The maximum absolute atomic E-state index is 13.6. The van der Waals surface area contributed by atoms with Gasteiger partial charge >= 0.3 is 0 Å². The molecule has 2 aromatic rings. The van der Waals surface area contributed by atoms with Crippen LogP contribution in [0.25, 0.3) is 0 Å². The second-order valence-electron chi connectivity index (χ2n) is 6.01. The zero-order chi connectivity index (χ0) is 18.3. The van der Waals surface area contributed by atoms with Crippen LogP contribution in [0.5, 0.6) is 0 Å². The van der Waals surface area contributed by atoms with Gasteiger partial charge in [-0.25, -0.2) is 26.9 Å². The molecule has 25 heavy (non-hydrogen) atoms. The van der Waals surface area contributed by atoms with Gasteiger partial charge in [-0.05, 0) is 25.2 Å². The van der Waals surface area contributed by atoms with E-state index in [0.29, 0.717) is 5.92 Å². The lowest BCUT2D eigenvalue weighted by Crippen LogP contribution is -2.18. The molecule has 0 radical (unpaired) electrons. The molecule has 3 rings (SSSR count). The smallest absolute Gasteiger partial charge is 0.230 e. The SMILES string of the molecule is C[C@@H]1CCc2nc(NC(=O)Cc3c(F)c(F)c(F)c(F)c3F)sc2C1. The van der Waals surface area contributed by atoms with E-state index in [4.69, 9.17) is 0 Å². The Labute approximate surface area is 143 Å². The Kier molecular flexibility index (Phi) is 4.77. The van der Waals surface area contributed by atoms with Gasteiger partial charge in [0.25, 0.3) is 0 Å². The molecular weight excluding hydrogens is 363 g/mol. The van der Waals surface area contributed by atoms with Crippen LogP contribution in [0, 0.1) is 35.0 Å². The molecule has 0 aliphatic heterocycles. The molecule has 0 saturated heterocycles. The first-order chi connectivity index (χ1) is 11.8. The predicted octanol–water partition coefficient (Wildman–Crippen LogP) is 4.14. The second-order valence-corrected chi connectivity index (χ2v) is 7.09. The van der Waals surface area contributed by atoms with E-state index in [-0.39, 0.29) is 5.13 Å². The highest BCUT2D eigenvalue weighted by Gasteiger charge is 2.27. The van der Waals surface area contributed by atoms with Crippen LogP contribution < -0.4 is 5.32 Å². The van der Waals surface area contributed by atoms with Gasteiger partial charge < -0.3 is 5.32 Å². The highest BCUT2D eigenvalue weighted by molar-refractivity contribution is 7.15. The Bertz CT molecular complexity index is 823.